The summed E-state index contributed by atoms with van der Waals surface area (Å²) in [4.78, 5) is 30.2. The smallest absolute Gasteiger partial charge is 0.213 e. The van der Waals surface area contributed by atoms with E-state index >= 15 is 0 Å². The molecule has 5 nitrogen and oxygen atoms in total. The van der Waals surface area contributed by atoms with E-state index in [9.17, 15) is 9.59 Å². The maximum absolute atomic E-state index is 12.3. The van der Waals surface area contributed by atoms with Crippen LogP contribution in [-0.4, -0.2) is 28.2 Å². The second-order valence-electron chi connectivity index (χ2n) is 4.29. The molecule has 2 rings (SSSR count). The van der Waals surface area contributed by atoms with Crippen LogP contribution in [0.3, 0.4) is 0 Å². The first-order valence-corrected chi connectivity index (χ1v) is 7.17. The van der Waals surface area contributed by atoms with Gasteiger partial charge in [0.2, 0.25) is 12.2 Å². The number of nitrogens with zero attached hydrogens (tertiary/aromatic N) is 1. The summed E-state index contributed by atoms with van der Waals surface area (Å²) in [6.07, 6.45) is 7.65. The fraction of sp³-hybridized carbons (Fsp3) is 0.133. The molecule has 0 saturated heterocycles. The van der Waals surface area contributed by atoms with Crippen molar-refractivity contribution in [2.45, 2.75) is 12.5 Å². The van der Waals surface area contributed by atoms with E-state index in [1.54, 1.807) is 29.9 Å². The summed E-state index contributed by atoms with van der Waals surface area (Å²) in [5, 5.41) is 4.67. The first kappa shape index (κ1) is 14.9. The van der Waals surface area contributed by atoms with Crippen molar-refractivity contribution in [1.82, 2.24) is 15.3 Å². The fourth-order valence-corrected chi connectivity index (χ4v) is 2.73. The molecule has 0 aliphatic rings. The standard InChI is InChI=1S/C15H15N3O2S/c1-3-11-10(8-17-12(11)4-2)7-13(18-9-19)14(20)15-16-5-6-21-15/h3-6,8-9,13,17H,1-2,7H2,(H,18,19). The number of H-pyrrole nitrogens is 1. The van der Waals surface area contributed by atoms with Crippen molar-refractivity contribution in [3.05, 3.63) is 52.8 Å². The van der Waals surface area contributed by atoms with Crippen LogP contribution in [0.5, 0.6) is 0 Å². The lowest BCUT2D eigenvalue weighted by Crippen LogP contribution is -2.37. The van der Waals surface area contributed by atoms with Gasteiger partial charge >= 0.3 is 0 Å². The molecule has 6 heteroatoms. The van der Waals surface area contributed by atoms with Crippen molar-refractivity contribution in [3.63, 3.8) is 0 Å². The Balaban J connectivity index is 2.26. The van der Waals surface area contributed by atoms with E-state index in [4.69, 9.17) is 0 Å². The molecular weight excluding hydrogens is 286 g/mol. The molecule has 108 valence electrons. The number of amides is 1. The predicted octanol–water partition coefficient (Wildman–Crippen LogP) is 2.30. The van der Waals surface area contributed by atoms with Crippen molar-refractivity contribution in [1.29, 1.82) is 0 Å². The number of thiazole rings is 1. The molecule has 21 heavy (non-hydrogen) atoms. The lowest BCUT2D eigenvalue weighted by Gasteiger charge is -2.13. The summed E-state index contributed by atoms with van der Waals surface area (Å²) in [5.74, 6) is -0.200. The van der Waals surface area contributed by atoms with Crippen LogP contribution in [0, 0.1) is 0 Å². The second kappa shape index (κ2) is 6.81. The molecule has 2 aromatic rings. The Labute approximate surface area is 126 Å². The SMILES string of the molecule is C=Cc1[nH]cc(CC(NC=O)C(=O)c2nccs2)c1C=C. The topological polar surface area (TPSA) is 74.8 Å². The monoisotopic (exact) mass is 301 g/mol. The van der Waals surface area contributed by atoms with Crippen molar-refractivity contribution >= 4 is 35.7 Å². The van der Waals surface area contributed by atoms with Crippen LogP contribution in [0.2, 0.25) is 0 Å². The van der Waals surface area contributed by atoms with Gasteiger partial charge in [-0.3, -0.25) is 9.59 Å². The summed E-state index contributed by atoms with van der Waals surface area (Å²) in [5.41, 5.74) is 2.62. The number of ketones is 1. The van der Waals surface area contributed by atoms with Gasteiger partial charge in [-0.1, -0.05) is 19.2 Å². The summed E-state index contributed by atoms with van der Waals surface area (Å²) < 4.78 is 0. The Morgan fingerprint density at radius 2 is 2.29 bits per heavy atom. The number of aromatic amines is 1. The zero-order valence-corrected chi connectivity index (χ0v) is 12.2. The van der Waals surface area contributed by atoms with Gasteiger partial charge in [-0.05, 0) is 11.6 Å². The van der Waals surface area contributed by atoms with Crippen molar-refractivity contribution in [2.24, 2.45) is 0 Å². The van der Waals surface area contributed by atoms with Gasteiger partial charge in [-0.2, -0.15) is 0 Å². The third-order valence-corrected chi connectivity index (χ3v) is 3.89. The number of aromatic nitrogens is 2. The fourth-order valence-electron chi connectivity index (χ4n) is 2.10. The normalized spacial score (nSPS) is 11.6. The Morgan fingerprint density at radius 1 is 1.48 bits per heavy atom. The number of Topliss-reactive ketones (excluding diaryl/α,β-unsaturated/α-hetero) is 1. The molecule has 0 radical (unpaired) electrons. The molecule has 1 unspecified atom stereocenters. The number of nitrogens with one attached hydrogen (secondary N) is 2. The third-order valence-electron chi connectivity index (χ3n) is 3.10. The molecule has 2 aromatic heterocycles. The first-order chi connectivity index (χ1) is 10.2. The van der Waals surface area contributed by atoms with Gasteiger partial charge in [0.05, 0.1) is 6.04 Å². The van der Waals surface area contributed by atoms with E-state index in [1.165, 1.54) is 11.3 Å². The molecule has 2 N–H and O–H groups in total. The zero-order chi connectivity index (χ0) is 15.2. The van der Waals surface area contributed by atoms with Crippen molar-refractivity contribution in [2.75, 3.05) is 0 Å². The minimum Gasteiger partial charge on any atom is -0.361 e. The molecule has 0 fully saturated rings. The van der Waals surface area contributed by atoms with Gasteiger partial charge in [0.25, 0.3) is 0 Å². The van der Waals surface area contributed by atoms with Crippen LogP contribution < -0.4 is 5.32 Å². The Kier molecular flexibility index (Phi) is 4.84. The minimum absolute atomic E-state index is 0.200. The minimum atomic E-state index is -0.652. The number of hydrogen-bond acceptors (Lipinski definition) is 4. The highest BCUT2D eigenvalue weighted by molar-refractivity contribution is 7.11. The second-order valence-corrected chi connectivity index (χ2v) is 5.19. The highest BCUT2D eigenvalue weighted by Crippen LogP contribution is 2.20. The Hall–Kier alpha value is -2.47. The van der Waals surface area contributed by atoms with Gasteiger partial charge in [0.15, 0.2) is 5.01 Å². The number of carbonyl (C=O) groups is 2. The van der Waals surface area contributed by atoms with Crippen LogP contribution >= 0.6 is 11.3 Å². The largest absolute Gasteiger partial charge is 0.361 e. The molecular formula is C15H15N3O2S. The van der Waals surface area contributed by atoms with Crippen molar-refractivity contribution < 1.29 is 9.59 Å². The summed E-state index contributed by atoms with van der Waals surface area (Å²) >= 11 is 1.25. The molecule has 1 atom stereocenters. The maximum atomic E-state index is 12.3. The van der Waals surface area contributed by atoms with Gasteiger partial charge in [-0.15, -0.1) is 11.3 Å². The highest BCUT2D eigenvalue weighted by Gasteiger charge is 2.23. The average molecular weight is 301 g/mol. The quantitative estimate of drug-likeness (QED) is 0.580. The highest BCUT2D eigenvalue weighted by atomic mass is 32.1. The van der Waals surface area contributed by atoms with Gasteiger partial charge in [-0.25, -0.2) is 4.98 Å². The van der Waals surface area contributed by atoms with E-state index < -0.39 is 6.04 Å². The zero-order valence-electron chi connectivity index (χ0n) is 11.3. The maximum Gasteiger partial charge on any atom is 0.213 e. The Bertz CT molecular complexity index is 659. The van der Waals surface area contributed by atoms with Crippen molar-refractivity contribution in [3.8, 4) is 0 Å². The van der Waals surface area contributed by atoms with E-state index in [0.29, 0.717) is 17.8 Å². The summed E-state index contributed by atoms with van der Waals surface area (Å²) in [6, 6.07) is -0.652. The molecule has 2 heterocycles. The van der Waals surface area contributed by atoms with Crippen LogP contribution in [-0.2, 0) is 11.2 Å². The lowest BCUT2D eigenvalue weighted by atomic mass is 10.0. The number of rotatable bonds is 8. The number of hydrogen-bond donors (Lipinski definition) is 2. The van der Waals surface area contributed by atoms with E-state index in [2.05, 4.69) is 28.4 Å². The molecule has 0 bridgehead atoms. The van der Waals surface area contributed by atoms with Gasteiger partial charge in [0, 0.05) is 35.5 Å². The molecule has 0 aliphatic heterocycles. The van der Waals surface area contributed by atoms with Crippen LogP contribution in [0.25, 0.3) is 12.2 Å². The number of carbonyl (C=O) groups excluding carboxylic acids is 2. The summed E-state index contributed by atoms with van der Waals surface area (Å²) in [7, 11) is 0. The first-order valence-electron chi connectivity index (χ1n) is 6.29. The molecule has 0 spiro atoms. The van der Waals surface area contributed by atoms with E-state index in [-0.39, 0.29) is 5.78 Å². The van der Waals surface area contributed by atoms with E-state index in [0.717, 1.165) is 16.8 Å². The molecule has 0 aliphatic carbocycles. The average Bonchev–Trinajstić information content (AvgIpc) is 3.15. The Morgan fingerprint density at radius 3 is 2.86 bits per heavy atom. The predicted molar refractivity (Wildman–Crippen MR) is 84.1 cm³/mol. The van der Waals surface area contributed by atoms with Crippen LogP contribution in [0.1, 0.15) is 26.6 Å². The third kappa shape index (κ3) is 3.17. The lowest BCUT2D eigenvalue weighted by molar-refractivity contribution is -0.109. The molecule has 1 amide bonds. The van der Waals surface area contributed by atoms with Crippen LogP contribution in [0.4, 0.5) is 0 Å². The summed E-state index contributed by atoms with van der Waals surface area (Å²) in [6.45, 7) is 7.49. The molecule has 0 saturated carbocycles. The van der Waals surface area contributed by atoms with Gasteiger partial charge in [0.1, 0.15) is 0 Å². The van der Waals surface area contributed by atoms with Crippen LogP contribution in [0.15, 0.2) is 30.9 Å². The molecule has 0 aromatic carbocycles. The van der Waals surface area contributed by atoms with Gasteiger partial charge < -0.3 is 10.3 Å². The van der Waals surface area contributed by atoms with E-state index in [1.807, 2.05) is 0 Å².